The molecule has 5 rings (SSSR count). The van der Waals surface area contributed by atoms with Gasteiger partial charge in [-0.1, -0.05) is 30.3 Å². The molecule has 0 spiro atoms. The topological polar surface area (TPSA) is 70.6 Å². The molecule has 1 N–H and O–H groups in total. The maximum absolute atomic E-state index is 12.4. The summed E-state index contributed by atoms with van der Waals surface area (Å²) in [7, 11) is 1.66. The van der Waals surface area contributed by atoms with E-state index < -0.39 is 0 Å². The number of nitrogens with zero attached hydrogens (tertiary/aromatic N) is 3. The van der Waals surface area contributed by atoms with Crippen molar-refractivity contribution >= 4 is 33.4 Å². The molecule has 1 aliphatic rings. The van der Waals surface area contributed by atoms with Gasteiger partial charge in [0.15, 0.2) is 0 Å². The summed E-state index contributed by atoms with van der Waals surface area (Å²) in [5.41, 5.74) is 5.69. The fourth-order valence-electron chi connectivity index (χ4n) is 4.35. The molecule has 3 heterocycles. The molecule has 2 aromatic carbocycles. The van der Waals surface area contributed by atoms with E-state index in [0.717, 1.165) is 50.1 Å². The van der Waals surface area contributed by atoms with E-state index in [0.29, 0.717) is 6.42 Å². The Labute approximate surface area is 174 Å². The van der Waals surface area contributed by atoms with Crippen LogP contribution in [0.2, 0.25) is 0 Å². The number of aromatic amines is 1. The van der Waals surface area contributed by atoms with E-state index in [9.17, 15) is 4.79 Å². The fraction of sp³-hybridized carbons (Fsp3) is 0.208. The molecule has 6 nitrogen and oxygen atoms in total. The Bertz CT molecular complexity index is 1310. The number of hydrazone groups is 1. The first-order chi connectivity index (χ1) is 14.6. The number of hydrogen-bond donors (Lipinski definition) is 1. The largest absolute Gasteiger partial charge is 0.496 e. The third-order valence-corrected chi connectivity index (χ3v) is 5.77. The van der Waals surface area contributed by atoms with Gasteiger partial charge < -0.3 is 9.72 Å². The number of pyridine rings is 1. The zero-order valence-corrected chi connectivity index (χ0v) is 17.1. The number of hydrogen-bond acceptors (Lipinski definition) is 4. The van der Waals surface area contributed by atoms with Gasteiger partial charge in [0.1, 0.15) is 5.75 Å². The Balaban J connectivity index is 1.72. The number of H-pyrrole nitrogens is 1. The first kappa shape index (κ1) is 18.4. The lowest BCUT2D eigenvalue weighted by Gasteiger charge is -2.20. The fourth-order valence-corrected chi connectivity index (χ4v) is 4.35. The third kappa shape index (κ3) is 2.76. The maximum atomic E-state index is 12.4. The SMILES string of the molecule is COc1ccc2c([nH]c3c(C)nccc32)c1C1=NN(C(C)=O)C(c2ccccc2)C1. The summed E-state index contributed by atoms with van der Waals surface area (Å²) in [6.07, 6.45) is 2.44. The number of carbonyl (C=O) groups excluding carboxylic acids is 1. The van der Waals surface area contributed by atoms with Crippen molar-refractivity contribution in [2.24, 2.45) is 5.10 Å². The van der Waals surface area contributed by atoms with E-state index in [2.05, 4.69) is 16.0 Å². The zero-order valence-electron chi connectivity index (χ0n) is 17.1. The predicted octanol–water partition coefficient (Wildman–Crippen LogP) is 4.73. The molecule has 0 saturated heterocycles. The maximum Gasteiger partial charge on any atom is 0.240 e. The third-order valence-electron chi connectivity index (χ3n) is 5.77. The monoisotopic (exact) mass is 398 g/mol. The summed E-state index contributed by atoms with van der Waals surface area (Å²) in [6, 6.07) is 15.9. The molecule has 0 radical (unpaired) electrons. The van der Waals surface area contributed by atoms with Gasteiger partial charge in [0.05, 0.1) is 41.2 Å². The first-order valence-corrected chi connectivity index (χ1v) is 9.95. The summed E-state index contributed by atoms with van der Waals surface area (Å²) >= 11 is 0. The molecule has 1 aliphatic heterocycles. The van der Waals surface area contributed by atoms with E-state index in [-0.39, 0.29) is 11.9 Å². The van der Waals surface area contributed by atoms with Crippen molar-refractivity contribution in [1.29, 1.82) is 0 Å². The van der Waals surface area contributed by atoms with E-state index in [1.54, 1.807) is 19.0 Å². The number of nitrogens with one attached hydrogen (secondary N) is 1. The lowest BCUT2D eigenvalue weighted by atomic mass is 9.96. The van der Waals surface area contributed by atoms with Gasteiger partial charge in [0, 0.05) is 30.3 Å². The molecule has 0 saturated carbocycles. The van der Waals surface area contributed by atoms with Crippen LogP contribution in [0, 0.1) is 6.92 Å². The van der Waals surface area contributed by atoms with E-state index in [4.69, 9.17) is 9.84 Å². The van der Waals surface area contributed by atoms with Crippen LogP contribution in [0.25, 0.3) is 21.8 Å². The van der Waals surface area contributed by atoms with Gasteiger partial charge in [-0.3, -0.25) is 9.78 Å². The molecule has 4 aromatic rings. The lowest BCUT2D eigenvalue weighted by Crippen LogP contribution is -2.24. The number of rotatable bonds is 3. The van der Waals surface area contributed by atoms with Crippen LogP contribution >= 0.6 is 0 Å². The number of aryl methyl sites for hydroxylation is 1. The first-order valence-electron chi connectivity index (χ1n) is 9.95. The number of ether oxygens (including phenoxy) is 1. The Morgan fingerprint density at radius 2 is 1.87 bits per heavy atom. The van der Waals surface area contributed by atoms with Crippen molar-refractivity contribution in [3.8, 4) is 5.75 Å². The van der Waals surface area contributed by atoms with Crippen LogP contribution in [0.1, 0.15) is 36.2 Å². The van der Waals surface area contributed by atoms with Crippen LogP contribution < -0.4 is 4.74 Å². The summed E-state index contributed by atoms with van der Waals surface area (Å²) < 4.78 is 5.71. The van der Waals surface area contributed by atoms with Gasteiger partial charge in [0.2, 0.25) is 5.91 Å². The molecule has 30 heavy (non-hydrogen) atoms. The Morgan fingerprint density at radius 3 is 2.60 bits per heavy atom. The highest BCUT2D eigenvalue weighted by Gasteiger charge is 2.33. The van der Waals surface area contributed by atoms with E-state index >= 15 is 0 Å². The van der Waals surface area contributed by atoms with Crippen LogP contribution in [0.4, 0.5) is 0 Å². The van der Waals surface area contributed by atoms with Crippen molar-refractivity contribution in [2.45, 2.75) is 26.3 Å². The molecular weight excluding hydrogens is 376 g/mol. The standard InChI is InChI=1S/C24H22N4O2/c1-14-23-18(11-12-25-14)17-9-10-21(30-3)22(24(17)26-23)19-13-20(28(27-19)15(2)29)16-7-5-4-6-8-16/h4-12,20,26H,13H2,1-3H3. The normalized spacial score (nSPS) is 16.3. The molecule has 1 amide bonds. The average Bonchev–Trinajstić information content (AvgIpc) is 3.37. The highest BCUT2D eigenvalue weighted by molar-refractivity contribution is 6.19. The molecule has 0 fully saturated rings. The van der Waals surface area contributed by atoms with Crippen molar-refractivity contribution in [1.82, 2.24) is 15.0 Å². The average molecular weight is 398 g/mol. The van der Waals surface area contributed by atoms with Crippen LogP contribution in [0.3, 0.4) is 0 Å². The number of amides is 1. The molecule has 0 aliphatic carbocycles. The van der Waals surface area contributed by atoms with Crippen LogP contribution in [-0.2, 0) is 4.79 Å². The van der Waals surface area contributed by atoms with Crippen molar-refractivity contribution in [2.75, 3.05) is 7.11 Å². The Morgan fingerprint density at radius 1 is 1.10 bits per heavy atom. The van der Waals surface area contributed by atoms with E-state index in [1.165, 1.54) is 0 Å². The second kappa shape index (κ2) is 6.99. The summed E-state index contributed by atoms with van der Waals surface area (Å²) in [5.74, 6) is 0.650. The number of fused-ring (bicyclic) bond motifs is 3. The van der Waals surface area contributed by atoms with E-state index in [1.807, 2.05) is 55.6 Å². The van der Waals surface area contributed by atoms with Gasteiger partial charge >= 0.3 is 0 Å². The minimum Gasteiger partial charge on any atom is -0.496 e. The van der Waals surface area contributed by atoms with Gasteiger partial charge in [-0.25, -0.2) is 5.01 Å². The molecule has 0 bridgehead atoms. The number of carbonyl (C=O) groups is 1. The number of aromatic nitrogens is 2. The summed E-state index contributed by atoms with van der Waals surface area (Å²) in [6.45, 7) is 3.54. The molecule has 1 unspecified atom stereocenters. The zero-order chi connectivity index (χ0) is 20.8. The van der Waals surface area contributed by atoms with Gasteiger partial charge in [-0.2, -0.15) is 5.10 Å². The number of methoxy groups -OCH3 is 1. The van der Waals surface area contributed by atoms with Gasteiger partial charge in [0.25, 0.3) is 0 Å². The second-order valence-corrected chi connectivity index (χ2v) is 7.55. The van der Waals surface area contributed by atoms with Gasteiger partial charge in [-0.05, 0) is 30.7 Å². The molecular formula is C24H22N4O2. The lowest BCUT2D eigenvalue weighted by molar-refractivity contribution is -0.130. The number of benzene rings is 2. The molecule has 1 atom stereocenters. The second-order valence-electron chi connectivity index (χ2n) is 7.55. The van der Waals surface area contributed by atoms with Crippen molar-refractivity contribution in [3.63, 3.8) is 0 Å². The van der Waals surface area contributed by atoms with Crippen molar-refractivity contribution in [3.05, 3.63) is 71.5 Å². The quantitative estimate of drug-likeness (QED) is 0.542. The van der Waals surface area contributed by atoms with Crippen LogP contribution in [0.15, 0.2) is 59.8 Å². The highest BCUT2D eigenvalue weighted by atomic mass is 16.5. The Kier molecular flexibility index (Phi) is 4.28. The minimum absolute atomic E-state index is 0.0818. The Hall–Kier alpha value is -3.67. The summed E-state index contributed by atoms with van der Waals surface area (Å²) in [4.78, 5) is 20.3. The predicted molar refractivity (Wildman–Crippen MR) is 118 cm³/mol. The minimum atomic E-state index is -0.133. The van der Waals surface area contributed by atoms with Gasteiger partial charge in [-0.15, -0.1) is 0 Å². The van der Waals surface area contributed by atoms with Crippen molar-refractivity contribution < 1.29 is 9.53 Å². The highest BCUT2D eigenvalue weighted by Crippen LogP contribution is 2.39. The molecule has 2 aromatic heterocycles. The molecule has 150 valence electrons. The summed E-state index contributed by atoms with van der Waals surface area (Å²) in [5, 5.41) is 8.54. The van der Waals surface area contributed by atoms with Crippen LogP contribution in [-0.4, -0.2) is 33.7 Å². The smallest absolute Gasteiger partial charge is 0.240 e. The van der Waals surface area contributed by atoms with Crippen LogP contribution in [0.5, 0.6) is 5.75 Å². The molecule has 6 heteroatoms.